The van der Waals surface area contributed by atoms with Crippen LogP contribution in [0.25, 0.3) is 0 Å². The fourth-order valence-electron chi connectivity index (χ4n) is 3.65. The summed E-state index contributed by atoms with van der Waals surface area (Å²) in [5.74, 6) is 0.943. The first kappa shape index (κ1) is 27.1. The summed E-state index contributed by atoms with van der Waals surface area (Å²) in [5.41, 5.74) is 0.763. The van der Waals surface area contributed by atoms with E-state index in [0.717, 1.165) is 22.6 Å². The zero-order valence-corrected chi connectivity index (χ0v) is 21.5. The molecule has 0 fully saturated rings. The summed E-state index contributed by atoms with van der Waals surface area (Å²) >= 11 is 9.31. The highest BCUT2D eigenvalue weighted by atomic mass is 35.5. The van der Waals surface area contributed by atoms with Crippen molar-refractivity contribution in [2.24, 2.45) is 0 Å². The van der Waals surface area contributed by atoms with Gasteiger partial charge in [-0.3, -0.25) is 10.1 Å². The molecule has 0 aromatic heterocycles. The minimum absolute atomic E-state index is 0.130. The van der Waals surface area contributed by atoms with Crippen LogP contribution < -0.4 is 0 Å². The van der Waals surface area contributed by atoms with Crippen molar-refractivity contribution in [1.82, 2.24) is 0 Å². The first-order valence-electron chi connectivity index (χ1n) is 11.8. The third kappa shape index (κ3) is 10.6. The van der Waals surface area contributed by atoms with Crippen molar-refractivity contribution >= 4 is 35.1 Å². The second kappa shape index (κ2) is 16.4. The number of thioether (sulfide) groups is 2. The molecule has 32 heavy (non-hydrogen) atoms. The molecule has 0 aliphatic carbocycles. The van der Waals surface area contributed by atoms with Gasteiger partial charge in [-0.25, -0.2) is 0 Å². The van der Waals surface area contributed by atoms with Gasteiger partial charge >= 0.3 is 0 Å². The second-order valence-corrected chi connectivity index (χ2v) is 11.3. The third-order valence-electron chi connectivity index (χ3n) is 5.47. The van der Waals surface area contributed by atoms with E-state index in [4.69, 9.17) is 11.6 Å². The molecule has 0 aliphatic rings. The number of rotatable bonds is 17. The van der Waals surface area contributed by atoms with E-state index in [1.165, 1.54) is 57.8 Å². The second-order valence-electron chi connectivity index (χ2n) is 8.13. The Morgan fingerprint density at radius 2 is 1.41 bits per heavy atom. The molecule has 0 saturated carbocycles. The molecule has 0 radical (unpaired) electrons. The van der Waals surface area contributed by atoms with Gasteiger partial charge in [0.05, 0.1) is 0 Å². The Morgan fingerprint density at radius 3 is 1.97 bits per heavy atom. The number of hydrogen-bond acceptors (Lipinski definition) is 4. The summed E-state index contributed by atoms with van der Waals surface area (Å²) in [5, 5.41) is 12.7. The van der Waals surface area contributed by atoms with Crippen LogP contribution in [0.15, 0.2) is 59.5 Å². The maximum atomic E-state index is 12.0. The largest absolute Gasteiger partial charge is 0.264 e. The predicted octanol–water partition coefficient (Wildman–Crippen LogP) is 9.43. The van der Waals surface area contributed by atoms with Gasteiger partial charge in [-0.1, -0.05) is 107 Å². The van der Waals surface area contributed by atoms with E-state index in [1.807, 2.05) is 54.6 Å². The lowest BCUT2D eigenvalue weighted by Gasteiger charge is -2.21. The van der Waals surface area contributed by atoms with Gasteiger partial charge in [0.15, 0.2) is 0 Å². The number of hydrogen-bond donors (Lipinski definition) is 0. The van der Waals surface area contributed by atoms with E-state index in [0.29, 0.717) is 5.02 Å². The maximum Gasteiger partial charge on any atom is 0.259 e. The Labute approximate surface area is 207 Å². The van der Waals surface area contributed by atoms with Gasteiger partial charge in [-0.05, 0) is 36.4 Å². The Morgan fingerprint density at radius 1 is 0.844 bits per heavy atom. The summed E-state index contributed by atoms with van der Waals surface area (Å²) in [6.45, 7) is 2.25. The Bertz CT molecular complexity index is 758. The van der Waals surface area contributed by atoms with Crippen LogP contribution >= 0.6 is 35.1 Å². The third-order valence-corrected chi connectivity index (χ3v) is 8.57. The summed E-state index contributed by atoms with van der Waals surface area (Å²) in [6, 6.07) is 16.2. The lowest BCUT2D eigenvalue weighted by atomic mass is 10.1. The lowest BCUT2D eigenvalue weighted by Crippen LogP contribution is -2.21. The van der Waals surface area contributed by atoms with Crippen molar-refractivity contribution < 1.29 is 4.92 Å². The van der Waals surface area contributed by atoms with E-state index in [1.54, 1.807) is 23.5 Å². The van der Waals surface area contributed by atoms with Gasteiger partial charge in [0.25, 0.3) is 6.04 Å². The summed E-state index contributed by atoms with van der Waals surface area (Å²) < 4.78 is -0.188. The van der Waals surface area contributed by atoms with Crippen LogP contribution in [0.3, 0.4) is 0 Å². The zero-order valence-electron chi connectivity index (χ0n) is 19.1. The molecule has 2 aromatic carbocycles. The van der Waals surface area contributed by atoms with Crippen LogP contribution in [0.5, 0.6) is 0 Å². The standard InChI is InChI=1S/C26H36ClNO2S2/c1-2-3-4-5-6-7-8-9-10-14-21-31-26(32-24-19-17-23(27)18-20-24)25(28(29)30)22-15-12-11-13-16-22/h11-13,15-20,25-26H,2-10,14,21H2,1H3. The molecular formula is C26H36ClNO2S2. The number of halogens is 1. The Balaban J connectivity index is 1.85. The van der Waals surface area contributed by atoms with Crippen molar-refractivity contribution in [3.8, 4) is 0 Å². The maximum absolute atomic E-state index is 12.0. The van der Waals surface area contributed by atoms with Crippen LogP contribution in [0.4, 0.5) is 0 Å². The zero-order chi connectivity index (χ0) is 23.0. The van der Waals surface area contributed by atoms with Crippen LogP contribution in [0.1, 0.15) is 82.7 Å². The van der Waals surface area contributed by atoms with Gasteiger partial charge in [0.1, 0.15) is 4.58 Å². The molecular weight excluding hydrogens is 458 g/mol. The fourth-order valence-corrected chi connectivity index (χ4v) is 6.66. The average Bonchev–Trinajstić information content (AvgIpc) is 2.79. The number of nitrogens with zero attached hydrogens (tertiary/aromatic N) is 1. The van der Waals surface area contributed by atoms with Crippen molar-refractivity contribution in [1.29, 1.82) is 0 Å². The highest BCUT2D eigenvalue weighted by molar-refractivity contribution is 8.17. The van der Waals surface area contributed by atoms with Gasteiger partial charge in [-0.15, -0.1) is 23.5 Å². The van der Waals surface area contributed by atoms with Crippen LogP contribution in [0, 0.1) is 10.1 Å². The van der Waals surface area contributed by atoms with Crippen LogP contribution in [0.2, 0.25) is 5.02 Å². The molecule has 6 heteroatoms. The number of unbranched alkanes of at least 4 members (excludes halogenated alkanes) is 9. The molecule has 0 spiro atoms. The molecule has 2 aromatic rings. The van der Waals surface area contributed by atoms with Crippen molar-refractivity contribution in [2.45, 2.75) is 86.7 Å². The average molecular weight is 494 g/mol. The molecule has 2 atom stereocenters. The van der Waals surface area contributed by atoms with Crippen LogP contribution in [-0.2, 0) is 0 Å². The van der Waals surface area contributed by atoms with E-state index in [9.17, 15) is 10.1 Å². The smallest absolute Gasteiger partial charge is 0.259 e. The van der Waals surface area contributed by atoms with E-state index in [-0.39, 0.29) is 9.51 Å². The predicted molar refractivity (Wildman–Crippen MR) is 142 cm³/mol. The van der Waals surface area contributed by atoms with E-state index < -0.39 is 6.04 Å². The summed E-state index contributed by atoms with van der Waals surface area (Å²) in [4.78, 5) is 12.9. The van der Waals surface area contributed by atoms with Crippen molar-refractivity contribution in [2.75, 3.05) is 5.75 Å². The van der Waals surface area contributed by atoms with Gasteiger partial charge in [-0.2, -0.15) is 0 Å². The van der Waals surface area contributed by atoms with Crippen molar-refractivity contribution in [3.63, 3.8) is 0 Å². The molecule has 2 rings (SSSR count). The molecule has 2 unspecified atom stereocenters. The molecule has 0 heterocycles. The van der Waals surface area contributed by atoms with E-state index >= 15 is 0 Å². The van der Waals surface area contributed by atoms with Gasteiger partial charge in [0, 0.05) is 20.4 Å². The lowest BCUT2D eigenvalue weighted by molar-refractivity contribution is -0.524. The van der Waals surface area contributed by atoms with Gasteiger partial charge < -0.3 is 0 Å². The molecule has 0 amide bonds. The minimum Gasteiger partial charge on any atom is -0.264 e. The fraction of sp³-hybridized carbons (Fsp3) is 0.538. The SMILES string of the molecule is CCCCCCCCCCCCSC(Sc1ccc(Cl)cc1)C(c1ccccc1)[N+](=O)[O-]. The normalized spacial score (nSPS) is 13.1. The number of nitro groups is 1. The Hall–Kier alpha value is -1.17. The molecule has 0 bridgehead atoms. The first-order valence-corrected chi connectivity index (χ1v) is 14.1. The molecule has 176 valence electrons. The molecule has 0 aliphatic heterocycles. The summed E-state index contributed by atoms with van der Waals surface area (Å²) in [6.07, 6.45) is 13.0. The monoisotopic (exact) mass is 493 g/mol. The first-order chi connectivity index (χ1) is 15.6. The molecule has 3 nitrogen and oxygen atoms in total. The van der Waals surface area contributed by atoms with E-state index in [2.05, 4.69) is 6.92 Å². The highest BCUT2D eigenvalue weighted by Gasteiger charge is 2.34. The molecule has 0 N–H and O–H groups in total. The summed E-state index contributed by atoms with van der Waals surface area (Å²) in [7, 11) is 0. The van der Waals surface area contributed by atoms with Crippen molar-refractivity contribution in [3.05, 3.63) is 75.3 Å². The topological polar surface area (TPSA) is 43.1 Å². The Kier molecular flexibility index (Phi) is 13.9. The highest BCUT2D eigenvalue weighted by Crippen LogP contribution is 2.41. The van der Waals surface area contributed by atoms with Gasteiger partial charge in [0.2, 0.25) is 0 Å². The molecule has 0 saturated heterocycles. The quantitative estimate of drug-likeness (QED) is 0.0723. The number of benzene rings is 2. The van der Waals surface area contributed by atoms with Crippen LogP contribution in [-0.4, -0.2) is 15.3 Å². The minimum atomic E-state index is -0.745.